The average Bonchev–Trinajstić information content (AvgIpc) is 3.48. The van der Waals surface area contributed by atoms with E-state index in [4.69, 9.17) is 9.68 Å². The first-order valence-corrected chi connectivity index (χ1v) is 11.1. The van der Waals surface area contributed by atoms with E-state index < -0.39 is 11.9 Å². The summed E-state index contributed by atoms with van der Waals surface area (Å²) in [6, 6.07) is 14.2. The van der Waals surface area contributed by atoms with Crippen molar-refractivity contribution in [2.75, 3.05) is 16.9 Å². The molecule has 1 aliphatic rings. The Balaban J connectivity index is 1.35. The van der Waals surface area contributed by atoms with Gasteiger partial charge in [-0.05, 0) is 36.4 Å². The van der Waals surface area contributed by atoms with Gasteiger partial charge in [0, 0.05) is 24.3 Å². The molecule has 7 nitrogen and oxygen atoms in total. The molecule has 0 aliphatic carbocycles. The minimum atomic E-state index is -0.582. The molecule has 2 aromatic carbocycles. The summed E-state index contributed by atoms with van der Waals surface area (Å²) in [5.74, 6) is 0.716. The fourth-order valence-corrected chi connectivity index (χ4v) is 4.51. The van der Waals surface area contributed by atoms with E-state index in [1.54, 1.807) is 47.4 Å². The highest BCUT2D eigenvalue weighted by Gasteiger charge is 2.34. The Morgan fingerprint density at radius 2 is 2.03 bits per heavy atom. The predicted octanol–water partition coefficient (Wildman–Crippen LogP) is 3.83. The number of aryl methyl sites for hydroxylation is 1. The van der Waals surface area contributed by atoms with Gasteiger partial charge < -0.3 is 14.6 Å². The van der Waals surface area contributed by atoms with Gasteiger partial charge in [0.15, 0.2) is 11.7 Å². The van der Waals surface area contributed by atoms with Crippen LogP contribution in [0.3, 0.4) is 0 Å². The standard InChI is InChI=1S/C23H19FN4O3S/c24-18-4-2-1-3-17(18)20-12-26-21(31-20)9-10-22(29)28-14-32-13-19(28)23(30)27-16-7-5-15(11-25)6-8-16/h1-8,12,19H,9-10,13-14H2,(H,27,30). The monoisotopic (exact) mass is 450 g/mol. The summed E-state index contributed by atoms with van der Waals surface area (Å²) in [4.78, 5) is 31.2. The second-order valence-electron chi connectivity index (χ2n) is 7.16. The minimum Gasteiger partial charge on any atom is -0.441 e. The van der Waals surface area contributed by atoms with Crippen LogP contribution in [-0.2, 0) is 16.0 Å². The predicted molar refractivity (Wildman–Crippen MR) is 118 cm³/mol. The number of carbonyl (C=O) groups is 2. The van der Waals surface area contributed by atoms with Gasteiger partial charge in [-0.15, -0.1) is 11.8 Å². The van der Waals surface area contributed by atoms with E-state index in [0.717, 1.165) is 0 Å². The average molecular weight is 450 g/mol. The number of carbonyl (C=O) groups excluding carboxylic acids is 2. The molecule has 0 radical (unpaired) electrons. The molecule has 1 aromatic heterocycles. The lowest BCUT2D eigenvalue weighted by molar-refractivity contribution is -0.136. The molecule has 1 N–H and O–H groups in total. The van der Waals surface area contributed by atoms with E-state index in [1.165, 1.54) is 24.0 Å². The van der Waals surface area contributed by atoms with Crippen LogP contribution in [0, 0.1) is 17.1 Å². The molecule has 1 saturated heterocycles. The Kier molecular flexibility index (Phi) is 6.52. The second-order valence-corrected chi connectivity index (χ2v) is 8.16. The molecule has 0 bridgehead atoms. The van der Waals surface area contributed by atoms with Crippen LogP contribution in [0.4, 0.5) is 10.1 Å². The van der Waals surface area contributed by atoms with Crippen molar-refractivity contribution in [2.45, 2.75) is 18.9 Å². The van der Waals surface area contributed by atoms with Crippen molar-refractivity contribution in [2.24, 2.45) is 0 Å². The molecule has 1 aliphatic heterocycles. The van der Waals surface area contributed by atoms with Gasteiger partial charge in [-0.1, -0.05) is 12.1 Å². The smallest absolute Gasteiger partial charge is 0.248 e. The molecular formula is C23H19FN4O3S. The number of anilines is 1. The number of nitrogens with zero attached hydrogens (tertiary/aromatic N) is 3. The third-order valence-electron chi connectivity index (χ3n) is 5.03. The summed E-state index contributed by atoms with van der Waals surface area (Å²) in [5.41, 5.74) is 1.38. The normalized spacial score (nSPS) is 15.4. The molecule has 32 heavy (non-hydrogen) atoms. The van der Waals surface area contributed by atoms with Crippen LogP contribution in [0.15, 0.2) is 59.1 Å². The zero-order valence-electron chi connectivity index (χ0n) is 17.0. The van der Waals surface area contributed by atoms with Crippen LogP contribution in [0.2, 0.25) is 0 Å². The first-order chi connectivity index (χ1) is 15.5. The van der Waals surface area contributed by atoms with E-state index in [-0.39, 0.29) is 24.7 Å². The third-order valence-corrected chi connectivity index (χ3v) is 6.04. The van der Waals surface area contributed by atoms with Crippen molar-refractivity contribution in [1.82, 2.24) is 9.88 Å². The number of hydrogen-bond donors (Lipinski definition) is 1. The van der Waals surface area contributed by atoms with Gasteiger partial charge in [-0.2, -0.15) is 5.26 Å². The van der Waals surface area contributed by atoms with Gasteiger partial charge >= 0.3 is 0 Å². The van der Waals surface area contributed by atoms with Crippen molar-refractivity contribution in [3.8, 4) is 17.4 Å². The Morgan fingerprint density at radius 1 is 1.25 bits per heavy atom. The maximum atomic E-state index is 13.9. The molecule has 2 amide bonds. The number of rotatable bonds is 6. The lowest BCUT2D eigenvalue weighted by Gasteiger charge is -2.23. The highest BCUT2D eigenvalue weighted by atomic mass is 32.2. The summed E-state index contributed by atoms with van der Waals surface area (Å²) < 4.78 is 19.5. The fraction of sp³-hybridized carbons (Fsp3) is 0.217. The van der Waals surface area contributed by atoms with Gasteiger partial charge in [0.1, 0.15) is 11.9 Å². The molecule has 0 saturated carbocycles. The van der Waals surface area contributed by atoms with Gasteiger partial charge in [0.2, 0.25) is 11.8 Å². The van der Waals surface area contributed by atoms with Crippen LogP contribution in [0.25, 0.3) is 11.3 Å². The summed E-state index contributed by atoms with van der Waals surface area (Å²) >= 11 is 1.51. The van der Waals surface area contributed by atoms with Crippen molar-refractivity contribution < 1.29 is 18.4 Å². The van der Waals surface area contributed by atoms with E-state index in [2.05, 4.69) is 10.3 Å². The lowest BCUT2D eigenvalue weighted by atomic mass is 10.2. The second kappa shape index (κ2) is 9.66. The van der Waals surface area contributed by atoms with Crippen LogP contribution < -0.4 is 5.32 Å². The van der Waals surface area contributed by atoms with Crippen molar-refractivity contribution >= 4 is 29.3 Å². The maximum Gasteiger partial charge on any atom is 0.248 e. The molecule has 1 fully saturated rings. The maximum absolute atomic E-state index is 13.9. The number of aromatic nitrogens is 1. The van der Waals surface area contributed by atoms with Gasteiger partial charge in [0.05, 0.1) is 29.3 Å². The molecule has 2 heterocycles. The third kappa shape index (κ3) is 4.81. The molecule has 4 rings (SSSR count). The highest BCUT2D eigenvalue weighted by Crippen LogP contribution is 2.26. The molecule has 1 unspecified atom stereocenters. The summed E-state index contributed by atoms with van der Waals surface area (Å²) in [6.45, 7) is 0. The molecule has 162 valence electrons. The van der Waals surface area contributed by atoms with Crippen LogP contribution in [0.1, 0.15) is 17.9 Å². The lowest BCUT2D eigenvalue weighted by Crippen LogP contribution is -2.44. The molecule has 9 heteroatoms. The SMILES string of the molecule is N#Cc1ccc(NC(=O)C2CSCN2C(=O)CCc2ncc(-c3ccccc3F)o2)cc1. The zero-order valence-corrected chi connectivity index (χ0v) is 17.8. The largest absolute Gasteiger partial charge is 0.441 e. The number of nitriles is 1. The Labute approximate surface area is 188 Å². The number of oxazole rings is 1. The summed E-state index contributed by atoms with van der Waals surface area (Å²) in [5, 5.41) is 11.7. The molecule has 0 spiro atoms. The van der Waals surface area contributed by atoms with E-state index in [1.807, 2.05) is 6.07 Å². The van der Waals surface area contributed by atoms with Gasteiger partial charge in [-0.3, -0.25) is 9.59 Å². The van der Waals surface area contributed by atoms with Crippen LogP contribution >= 0.6 is 11.8 Å². The zero-order chi connectivity index (χ0) is 22.5. The van der Waals surface area contributed by atoms with Crippen LogP contribution in [0.5, 0.6) is 0 Å². The van der Waals surface area contributed by atoms with Gasteiger partial charge in [0.25, 0.3) is 0 Å². The van der Waals surface area contributed by atoms with Crippen molar-refractivity contribution in [1.29, 1.82) is 5.26 Å². The summed E-state index contributed by atoms with van der Waals surface area (Å²) in [7, 11) is 0. The van der Waals surface area contributed by atoms with E-state index in [9.17, 15) is 14.0 Å². The van der Waals surface area contributed by atoms with Crippen molar-refractivity contribution in [3.63, 3.8) is 0 Å². The van der Waals surface area contributed by atoms with E-state index in [0.29, 0.717) is 40.1 Å². The molecular weight excluding hydrogens is 431 g/mol. The minimum absolute atomic E-state index is 0.123. The fourth-order valence-electron chi connectivity index (χ4n) is 3.33. The quantitative estimate of drug-likeness (QED) is 0.613. The first-order valence-electron chi connectivity index (χ1n) is 9.93. The number of nitrogens with one attached hydrogen (secondary N) is 1. The number of benzene rings is 2. The van der Waals surface area contributed by atoms with Gasteiger partial charge in [-0.25, -0.2) is 9.37 Å². The van der Waals surface area contributed by atoms with Crippen LogP contribution in [-0.4, -0.2) is 39.4 Å². The summed E-state index contributed by atoms with van der Waals surface area (Å²) in [6.07, 6.45) is 1.81. The number of amides is 2. The highest BCUT2D eigenvalue weighted by molar-refractivity contribution is 7.99. The Morgan fingerprint density at radius 3 is 2.78 bits per heavy atom. The number of hydrogen-bond acceptors (Lipinski definition) is 6. The van der Waals surface area contributed by atoms with E-state index >= 15 is 0 Å². The molecule has 3 aromatic rings. The topological polar surface area (TPSA) is 99.2 Å². The molecule has 1 atom stereocenters. The Hall–Kier alpha value is -3.64. The number of thioether (sulfide) groups is 1. The first kappa shape index (κ1) is 21.6. The Bertz CT molecular complexity index is 1170. The van der Waals surface area contributed by atoms with Crippen molar-refractivity contribution in [3.05, 3.63) is 72.0 Å². The number of halogens is 1.